The Bertz CT molecular complexity index is 924. The molecular formula is C22H27N2O4+. The van der Waals surface area contributed by atoms with E-state index in [4.69, 9.17) is 0 Å². The summed E-state index contributed by atoms with van der Waals surface area (Å²) >= 11 is 0. The molecule has 0 amide bonds. The van der Waals surface area contributed by atoms with E-state index >= 15 is 0 Å². The van der Waals surface area contributed by atoms with Gasteiger partial charge in [-0.15, -0.1) is 0 Å². The number of fused-ring (bicyclic) bond motifs is 2. The first-order valence-electron chi connectivity index (χ1n) is 9.75. The first-order chi connectivity index (χ1) is 13.4. The lowest BCUT2D eigenvalue weighted by molar-refractivity contribution is -0.921. The van der Waals surface area contributed by atoms with Gasteiger partial charge in [0.05, 0.1) is 49.4 Å². The number of likely N-dealkylation sites (N-methyl/N-ethyl adjacent to an activating group) is 1. The second kappa shape index (κ2) is 7.64. The van der Waals surface area contributed by atoms with E-state index < -0.39 is 11.6 Å². The first kappa shape index (κ1) is 19.9. The predicted octanol–water partition coefficient (Wildman–Crippen LogP) is 3.16. The molecule has 0 aliphatic heterocycles. The van der Waals surface area contributed by atoms with Gasteiger partial charge in [0.25, 0.3) is 0 Å². The standard InChI is InChI=1S/C22H26N2O4/c1-4-24(5-2,6-3)13-12-23-15-9-7-8-14-18(15)22(28)20-17(26)11-10-16(25)19(20)21(14)27/h7-11H,4-6,12-13H2,1-3H3,(H2-,23,25,26,27,28)/p+1. The maximum absolute atomic E-state index is 13.1. The molecule has 0 radical (unpaired) electrons. The summed E-state index contributed by atoms with van der Waals surface area (Å²) in [7, 11) is 0. The molecule has 0 spiro atoms. The van der Waals surface area contributed by atoms with Crippen molar-refractivity contribution in [3.8, 4) is 11.5 Å². The third-order valence-electron chi connectivity index (χ3n) is 6.07. The Hall–Kier alpha value is -2.86. The fourth-order valence-electron chi connectivity index (χ4n) is 4.01. The second-order valence-electron chi connectivity index (χ2n) is 7.18. The van der Waals surface area contributed by atoms with Crippen molar-refractivity contribution in [2.24, 2.45) is 0 Å². The molecule has 0 bridgehead atoms. The number of hydrogen-bond donors (Lipinski definition) is 3. The van der Waals surface area contributed by atoms with E-state index in [0.717, 1.165) is 30.7 Å². The average Bonchev–Trinajstić information content (AvgIpc) is 2.71. The quantitative estimate of drug-likeness (QED) is 0.431. The van der Waals surface area contributed by atoms with Crippen LogP contribution in [0, 0.1) is 0 Å². The molecule has 0 heterocycles. The van der Waals surface area contributed by atoms with Gasteiger partial charge < -0.3 is 20.0 Å². The predicted molar refractivity (Wildman–Crippen MR) is 108 cm³/mol. The van der Waals surface area contributed by atoms with E-state index in [-0.39, 0.29) is 33.8 Å². The molecule has 1 aliphatic rings. The summed E-state index contributed by atoms with van der Waals surface area (Å²) in [5.41, 5.74) is 0.806. The van der Waals surface area contributed by atoms with Gasteiger partial charge in [0.2, 0.25) is 0 Å². The molecule has 0 fully saturated rings. The molecular weight excluding hydrogens is 356 g/mol. The summed E-state index contributed by atoms with van der Waals surface area (Å²) in [6, 6.07) is 7.53. The van der Waals surface area contributed by atoms with E-state index in [1.807, 2.05) is 0 Å². The molecule has 3 N–H and O–H groups in total. The summed E-state index contributed by atoms with van der Waals surface area (Å²) in [5, 5.41) is 23.5. The summed E-state index contributed by atoms with van der Waals surface area (Å²) in [6.45, 7) is 11.2. The van der Waals surface area contributed by atoms with Gasteiger partial charge in [0.1, 0.15) is 11.5 Å². The molecule has 6 heteroatoms. The van der Waals surface area contributed by atoms with Crippen molar-refractivity contribution in [2.45, 2.75) is 20.8 Å². The van der Waals surface area contributed by atoms with Crippen LogP contribution in [0.15, 0.2) is 30.3 Å². The van der Waals surface area contributed by atoms with Crippen molar-refractivity contribution in [3.05, 3.63) is 52.6 Å². The van der Waals surface area contributed by atoms with Crippen molar-refractivity contribution in [2.75, 3.05) is 38.0 Å². The van der Waals surface area contributed by atoms with Crippen LogP contribution in [0.5, 0.6) is 11.5 Å². The van der Waals surface area contributed by atoms with Crippen molar-refractivity contribution < 1.29 is 24.3 Å². The van der Waals surface area contributed by atoms with Gasteiger partial charge in [-0.25, -0.2) is 0 Å². The fraction of sp³-hybridized carbons (Fsp3) is 0.364. The van der Waals surface area contributed by atoms with Crippen LogP contribution in [-0.2, 0) is 0 Å². The number of phenols is 2. The Morgan fingerprint density at radius 3 is 1.96 bits per heavy atom. The molecule has 2 aromatic carbocycles. The Balaban J connectivity index is 1.96. The van der Waals surface area contributed by atoms with Crippen LogP contribution in [0.1, 0.15) is 52.6 Å². The van der Waals surface area contributed by atoms with Crippen molar-refractivity contribution in [1.29, 1.82) is 0 Å². The van der Waals surface area contributed by atoms with Crippen LogP contribution in [-0.4, -0.2) is 59.0 Å². The number of hydrogen-bond acceptors (Lipinski definition) is 5. The van der Waals surface area contributed by atoms with Crippen LogP contribution < -0.4 is 5.32 Å². The monoisotopic (exact) mass is 383 g/mol. The molecule has 0 unspecified atom stereocenters. The first-order valence-corrected chi connectivity index (χ1v) is 9.75. The lowest BCUT2D eigenvalue weighted by Gasteiger charge is -2.36. The van der Waals surface area contributed by atoms with Crippen LogP contribution in [0.4, 0.5) is 5.69 Å². The minimum absolute atomic E-state index is 0.131. The van der Waals surface area contributed by atoms with Gasteiger partial charge in [-0.05, 0) is 39.0 Å². The second-order valence-corrected chi connectivity index (χ2v) is 7.18. The van der Waals surface area contributed by atoms with Gasteiger partial charge in [0, 0.05) is 11.3 Å². The highest BCUT2D eigenvalue weighted by atomic mass is 16.3. The SMILES string of the molecule is CC[N+](CC)(CC)CCNc1cccc2c1C(=O)c1c(O)ccc(O)c1C2=O. The molecule has 28 heavy (non-hydrogen) atoms. The van der Waals surface area contributed by atoms with E-state index in [9.17, 15) is 19.8 Å². The maximum Gasteiger partial charge on any atom is 0.200 e. The molecule has 2 aromatic rings. The minimum Gasteiger partial charge on any atom is -0.507 e. The summed E-state index contributed by atoms with van der Waals surface area (Å²) < 4.78 is 0.965. The number of phenolic OH excluding ortho intramolecular Hbond substituents is 2. The zero-order valence-corrected chi connectivity index (χ0v) is 16.6. The molecule has 0 aromatic heterocycles. The molecule has 3 rings (SSSR count). The number of nitrogens with zero attached hydrogens (tertiary/aromatic N) is 1. The van der Waals surface area contributed by atoms with Gasteiger partial charge in [0.15, 0.2) is 11.6 Å². The Morgan fingerprint density at radius 1 is 0.821 bits per heavy atom. The number of rotatable bonds is 7. The number of anilines is 1. The van der Waals surface area contributed by atoms with Gasteiger partial charge >= 0.3 is 0 Å². The van der Waals surface area contributed by atoms with Crippen LogP contribution in [0.2, 0.25) is 0 Å². The smallest absolute Gasteiger partial charge is 0.200 e. The Kier molecular flexibility index (Phi) is 5.42. The highest BCUT2D eigenvalue weighted by Gasteiger charge is 2.36. The third-order valence-corrected chi connectivity index (χ3v) is 6.07. The molecule has 0 saturated carbocycles. The number of quaternary nitrogens is 1. The lowest BCUT2D eigenvalue weighted by Crippen LogP contribution is -2.50. The van der Waals surface area contributed by atoms with Gasteiger partial charge in [-0.3, -0.25) is 9.59 Å². The average molecular weight is 383 g/mol. The number of carbonyl (C=O) groups is 2. The number of benzene rings is 2. The maximum atomic E-state index is 13.1. The van der Waals surface area contributed by atoms with Gasteiger partial charge in [-0.1, -0.05) is 12.1 Å². The fourth-order valence-corrected chi connectivity index (χ4v) is 4.01. The largest absolute Gasteiger partial charge is 0.507 e. The minimum atomic E-state index is -0.456. The number of aromatic hydroxyl groups is 2. The zero-order chi connectivity index (χ0) is 20.5. The number of nitrogens with one attached hydrogen (secondary N) is 1. The van der Waals surface area contributed by atoms with Crippen LogP contribution >= 0.6 is 0 Å². The van der Waals surface area contributed by atoms with Crippen molar-refractivity contribution in [1.82, 2.24) is 0 Å². The Labute approximate surface area is 165 Å². The van der Waals surface area contributed by atoms with Gasteiger partial charge in [-0.2, -0.15) is 0 Å². The van der Waals surface area contributed by atoms with Crippen LogP contribution in [0.25, 0.3) is 0 Å². The van der Waals surface area contributed by atoms with E-state index in [0.29, 0.717) is 12.2 Å². The summed E-state index contributed by atoms with van der Waals surface area (Å²) in [6.07, 6.45) is 0. The van der Waals surface area contributed by atoms with Crippen molar-refractivity contribution in [3.63, 3.8) is 0 Å². The topological polar surface area (TPSA) is 86.6 Å². The third kappa shape index (κ3) is 3.14. The van der Waals surface area contributed by atoms with Crippen molar-refractivity contribution >= 4 is 17.3 Å². The molecule has 6 nitrogen and oxygen atoms in total. The normalized spacial score (nSPS) is 13.2. The highest BCUT2D eigenvalue weighted by Crippen LogP contribution is 2.39. The molecule has 1 aliphatic carbocycles. The van der Waals surface area contributed by atoms with E-state index in [1.54, 1.807) is 18.2 Å². The zero-order valence-electron chi connectivity index (χ0n) is 16.6. The Morgan fingerprint density at radius 2 is 1.39 bits per heavy atom. The molecule has 0 atom stereocenters. The summed E-state index contributed by atoms with van der Waals surface area (Å²) in [4.78, 5) is 26.0. The van der Waals surface area contributed by atoms with E-state index in [1.165, 1.54) is 12.1 Å². The van der Waals surface area contributed by atoms with Crippen LogP contribution in [0.3, 0.4) is 0 Å². The molecule has 0 saturated heterocycles. The van der Waals surface area contributed by atoms with E-state index in [2.05, 4.69) is 26.1 Å². The number of ketones is 2. The molecule has 148 valence electrons. The highest BCUT2D eigenvalue weighted by molar-refractivity contribution is 6.31. The lowest BCUT2D eigenvalue weighted by atomic mass is 9.82. The summed E-state index contributed by atoms with van der Waals surface area (Å²) in [5.74, 6) is -1.51. The number of carbonyl (C=O) groups excluding carboxylic acids is 2.